The van der Waals surface area contributed by atoms with Gasteiger partial charge < -0.3 is 5.32 Å². The third-order valence-electron chi connectivity index (χ3n) is 3.61. The summed E-state index contributed by atoms with van der Waals surface area (Å²) in [4.78, 5) is 12.4. The summed E-state index contributed by atoms with van der Waals surface area (Å²) in [6.45, 7) is 3.60. The van der Waals surface area contributed by atoms with E-state index in [-0.39, 0.29) is 17.4 Å². The smallest absolute Gasteiger partial charge is 0.278 e. The van der Waals surface area contributed by atoms with E-state index in [1.54, 1.807) is 31.2 Å². The zero-order valence-electron chi connectivity index (χ0n) is 13.0. The molecule has 0 saturated carbocycles. The third-order valence-corrected chi connectivity index (χ3v) is 4.02. The van der Waals surface area contributed by atoms with Crippen molar-refractivity contribution in [3.8, 4) is 5.69 Å². The Labute approximate surface area is 143 Å². The molecule has 1 heterocycles. The molecule has 5 nitrogen and oxygen atoms in total. The highest BCUT2D eigenvalue weighted by Gasteiger charge is 2.17. The maximum absolute atomic E-state index is 13.0. The predicted octanol–water partition coefficient (Wildman–Crippen LogP) is 3.93. The van der Waals surface area contributed by atoms with Crippen LogP contribution >= 0.6 is 11.6 Å². The number of carbonyl (C=O) groups excluding carboxylic acids is 1. The number of hydrogen-bond acceptors (Lipinski definition) is 3. The first kappa shape index (κ1) is 16.1. The van der Waals surface area contributed by atoms with E-state index in [0.29, 0.717) is 22.1 Å². The first-order chi connectivity index (χ1) is 11.5. The molecule has 1 amide bonds. The maximum Gasteiger partial charge on any atom is 0.278 e. The molecule has 24 heavy (non-hydrogen) atoms. The summed E-state index contributed by atoms with van der Waals surface area (Å²) in [6.07, 6.45) is 0. The van der Waals surface area contributed by atoms with E-state index < -0.39 is 0 Å². The Morgan fingerprint density at radius 2 is 1.88 bits per heavy atom. The van der Waals surface area contributed by atoms with Gasteiger partial charge in [-0.1, -0.05) is 22.9 Å². The topological polar surface area (TPSA) is 59.8 Å². The van der Waals surface area contributed by atoms with Crippen molar-refractivity contribution in [3.63, 3.8) is 0 Å². The summed E-state index contributed by atoms with van der Waals surface area (Å²) in [5.74, 6) is -0.730. The maximum atomic E-state index is 13.0. The number of rotatable bonds is 3. The highest BCUT2D eigenvalue weighted by Crippen LogP contribution is 2.21. The molecular weight excluding hydrogens is 331 g/mol. The minimum Gasteiger partial charge on any atom is -0.320 e. The molecule has 3 aromatic rings. The van der Waals surface area contributed by atoms with Crippen molar-refractivity contribution in [2.45, 2.75) is 13.8 Å². The van der Waals surface area contributed by atoms with Gasteiger partial charge in [0.1, 0.15) is 5.82 Å². The van der Waals surface area contributed by atoms with Crippen LogP contribution in [0.4, 0.5) is 10.1 Å². The monoisotopic (exact) mass is 344 g/mol. The molecular formula is C17H14ClFN4O. The highest BCUT2D eigenvalue weighted by atomic mass is 35.5. The van der Waals surface area contributed by atoms with Gasteiger partial charge in [-0.05, 0) is 55.8 Å². The number of aromatic nitrogens is 3. The number of nitrogens with one attached hydrogen (secondary N) is 1. The Hall–Kier alpha value is -2.73. The number of carbonyl (C=O) groups is 1. The lowest BCUT2D eigenvalue weighted by atomic mass is 10.2. The average Bonchev–Trinajstić information content (AvgIpc) is 2.93. The molecule has 0 radical (unpaired) electrons. The molecule has 0 aliphatic heterocycles. The Kier molecular flexibility index (Phi) is 4.31. The molecule has 0 atom stereocenters. The zero-order valence-corrected chi connectivity index (χ0v) is 13.8. The lowest BCUT2D eigenvalue weighted by Gasteiger charge is -2.06. The first-order valence-corrected chi connectivity index (χ1v) is 7.59. The van der Waals surface area contributed by atoms with Gasteiger partial charge in [0, 0.05) is 10.7 Å². The van der Waals surface area contributed by atoms with Gasteiger partial charge in [-0.2, -0.15) is 0 Å². The average molecular weight is 345 g/mol. The Morgan fingerprint density at radius 3 is 2.54 bits per heavy atom. The number of nitrogens with zero attached hydrogens (tertiary/aromatic N) is 3. The van der Waals surface area contributed by atoms with Crippen LogP contribution in [0.15, 0.2) is 42.5 Å². The summed E-state index contributed by atoms with van der Waals surface area (Å²) in [5, 5.41) is 11.2. The van der Waals surface area contributed by atoms with Crippen LogP contribution in [0.5, 0.6) is 0 Å². The van der Waals surface area contributed by atoms with Crippen LogP contribution in [-0.4, -0.2) is 20.9 Å². The number of anilines is 1. The molecule has 2 aromatic carbocycles. The number of hydrogen-bond donors (Lipinski definition) is 1. The van der Waals surface area contributed by atoms with Crippen LogP contribution in [0, 0.1) is 19.7 Å². The van der Waals surface area contributed by atoms with Gasteiger partial charge in [0.2, 0.25) is 0 Å². The van der Waals surface area contributed by atoms with E-state index in [1.165, 1.54) is 16.8 Å². The summed E-state index contributed by atoms with van der Waals surface area (Å²) >= 11 is 6.06. The van der Waals surface area contributed by atoms with Crippen LogP contribution in [0.3, 0.4) is 0 Å². The van der Waals surface area contributed by atoms with E-state index in [2.05, 4.69) is 15.6 Å². The molecule has 0 saturated heterocycles. The number of halogens is 2. The molecule has 122 valence electrons. The number of amides is 1. The molecule has 0 unspecified atom stereocenters. The van der Waals surface area contributed by atoms with Gasteiger partial charge in [0.05, 0.1) is 11.4 Å². The lowest BCUT2D eigenvalue weighted by Crippen LogP contribution is -2.14. The van der Waals surface area contributed by atoms with Crippen LogP contribution in [0.25, 0.3) is 5.69 Å². The minimum absolute atomic E-state index is 0.191. The fraction of sp³-hybridized carbons (Fsp3) is 0.118. The van der Waals surface area contributed by atoms with Crippen molar-refractivity contribution in [1.82, 2.24) is 15.0 Å². The van der Waals surface area contributed by atoms with E-state index >= 15 is 0 Å². The van der Waals surface area contributed by atoms with E-state index in [0.717, 1.165) is 5.56 Å². The molecule has 0 fully saturated rings. The summed E-state index contributed by atoms with van der Waals surface area (Å²) in [5.41, 5.74) is 2.87. The van der Waals surface area contributed by atoms with Gasteiger partial charge in [0.15, 0.2) is 5.69 Å². The fourth-order valence-electron chi connectivity index (χ4n) is 2.23. The lowest BCUT2D eigenvalue weighted by molar-refractivity contribution is 0.102. The number of benzene rings is 2. The standard InChI is InChI=1S/C17H14ClFN4O/c1-10-3-6-13(9-15(10)18)20-17(24)16-11(2)23(22-21-16)14-7-4-12(19)5-8-14/h3-9H,1-2H3,(H,20,24). The van der Waals surface area contributed by atoms with Crippen molar-refractivity contribution in [2.24, 2.45) is 0 Å². The fourth-order valence-corrected chi connectivity index (χ4v) is 2.41. The third kappa shape index (κ3) is 3.14. The predicted molar refractivity (Wildman–Crippen MR) is 90.2 cm³/mol. The van der Waals surface area contributed by atoms with Gasteiger partial charge >= 0.3 is 0 Å². The molecule has 3 rings (SSSR count). The molecule has 0 bridgehead atoms. The zero-order chi connectivity index (χ0) is 17.3. The molecule has 0 spiro atoms. The quantitative estimate of drug-likeness (QED) is 0.783. The van der Waals surface area contributed by atoms with Crippen LogP contribution < -0.4 is 5.32 Å². The van der Waals surface area contributed by atoms with Crippen molar-refractivity contribution >= 4 is 23.2 Å². The summed E-state index contributed by atoms with van der Waals surface area (Å²) < 4.78 is 14.5. The van der Waals surface area contributed by atoms with Crippen molar-refractivity contribution in [1.29, 1.82) is 0 Å². The van der Waals surface area contributed by atoms with Gasteiger partial charge in [-0.15, -0.1) is 5.10 Å². The van der Waals surface area contributed by atoms with E-state index in [1.807, 2.05) is 13.0 Å². The Balaban J connectivity index is 1.85. The Bertz CT molecular complexity index is 905. The van der Waals surface area contributed by atoms with Crippen molar-refractivity contribution in [3.05, 3.63) is 70.3 Å². The van der Waals surface area contributed by atoms with Gasteiger partial charge in [-0.3, -0.25) is 4.79 Å². The first-order valence-electron chi connectivity index (χ1n) is 7.21. The SMILES string of the molecule is Cc1ccc(NC(=O)c2nnn(-c3ccc(F)cc3)c2C)cc1Cl. The molecule has 0 aliphatic rings. The normalized spacial score (nSPS) is 10.7. The van der Waals surface area contributed by atoms with Crippen LogP contribution in [0.1, 0.15) is 21.7 Å². The van der Waals surface area contributed by atoms with E-state index in [4.69, 9.17) is 11.6 Å². The van der Waals surface area contributed by atoms with Gasteiger partial charge in [0.25, 0.3) is 5.91 Å². The molecule has 1 N–H and O–H groups in total. The van der Waals surface area contributed by atoms with E-state index in [9.17, 15) is 9.18 Å². The second kappa shape index (κ2) is 6.41. The summed E-state index contributed by atoms with van der Waals surface area (Å²) in [6, 6.07) is 11.0. The second-order valence-corrected chi connectivity index (χ2v) is 5.74. The molecule has 1 aromatic heterocycles. The minimum atomic E-state index is -0.388. The molecule has 7 heteroatoms. The Morgan fingerprint density at radius 1 is 1.17 bits per heavy atom. The number of aryl methyl sites for hydroxylation is 1. The largest absolute Gasteiger partial charge is 0.320 e. The second-order valence-electron chi connectivity index (χ2n) is 5.33. The molecule has 0 aliphatic carbocycles. The highest BCUT2D eigenvalue weighted by molar-refractivity contribution is 6.31. The van der Waals surface area contributed by atoms with Crippen LogP contribution in [-0.2, 0) is 0 Å². The van der Waals surface area contributed by atoms with Crippen molar-refractivity contribution < 1.29 is 9.18 Å². The van der Waals surface area contributed by atoms with Crippen molar-refractivity contribution in [2.75, 3.05) is 5.32 Å². The van der Waals surface area contributed by atoms with Crippen LogP contribution in [0.2, 0.25) is 5.02 Å². The summed E-state index contributed by atoms with van der Waals surface area (Å²) in [7, 11) is 0. The van der Waals surface area contributed by atoms with Gasteiger partial charge in [-0.25, -0.2) is 9.07 Å².